The first-order chi connectivity index (χ1) is 7.13. The van der Waals surface area contributed by atoms with E-state index in [-0.39, 0.29) is 5.69 Å². The summed E-state index contributed by atoms with van der Waals surface area (Å²) in [5.74, 6) is -0.467. The second-order valence-electron chi connectivity index (χ2n) is 3.30. The highest BCUT2D eigenvalue weighted by atomic mass is 16.5. The van der Waals surface area contributed by atoms with E-state index >= 15 is 0 Å². The Kier molecular flexibility index (Phi) is 2.11. The van der Waals surface area contributed by atoms with Crippen molar-refractivity contribution >= 4 is 16.9 Å². The van der Waals surface area contributed by atoms with Gasteiger partial charge in [0.25, 0.3) is 0 Å². The minimum atomic E-state index is -1.17. The van der Waals surface area contributed by atoms with Crippen LogP contribution >= 0.6 is 0 Å². The minimum absolute atomic E-state index is 0.165. The molecule has 4 nitrogen and oxygen atoms in total. The first-order valence-corrected chi connectivity index (χ1v) is 4.48. The van der Waals surface area contributed by atoms with Crippen molar-refractivity contribution in [3.05, 3.63) is 30.0 Å². The molecule has 2 aromatic rings. The van der Waals surface area contributed by atoms with Crippen LogP contribution in [0.15, 0.2) is 24.3 Å². The van der Waals surface area contributed by atoms with Crippen LogP contribution < -0.4 is 9.84 Å². The van der Waals surface area contributed by atoms with E-state index in [9.17, 15) is 9.90 Å². The predicted octanol–water partition coefficient (Wildman–Crippen LogP) is 0.550. The molecule has 78 valence electrons. The van der Waals surface area contributed by atoms with Gasteiger partial charge in [-0.2, -0.15) is 0 Å². The van der Waals surface area contributed by atoms with Crippen LogP contribution in [0.2, 0.25) is 0 Å². The van der Waals surface area contributed by atoms with Crippen molar-refractivity contribution in [2.45, 2.75) is 0 Å². The van der Waals surface area contributed by atoms with Gasteiger partial charge in [0.05, 0.1) is 18.8 Å². The number of ether oxygens (including phenoxy) is 1. The summed E-state index contributed by atoms with van der Waals surface area (Å²) >= 11 is 0. The fourth-order valence-electron chi connectivity index (χ4n) is 1.65. The highest BCUT2D eigenvalue weighted by Gasteiger charge is 2.06. The van der Waals surface area contributed by atoms with Gasteiger partial charge in [-0.3, -0.25) is 0 Å². The average Bonchev–Trinajstić information content (AvgIpc) is 2.55. The zero-order chi connectivity index (χ0) is 11.0. The highest BCUT2D eigenvalue weighted by molar-refractivity contribution is 5.94. The molecule has 0 aliphatic heterocycles. The summed E-state index contributed by atoms with van der Waals surface area (Å²) in [4.78, 5) is 10.8. The fourth-order valence-corrected chi connectivity index (χ4v) is 1.65. The Morgan fingerprint density at radius 3 is 2.73 bits per heavy atom. The third-order valence-corrected chi connectivity index (χ3v) is 2.46. The van der Waals surface area contributed by atoms with Crippen molar-refractivity contribution in [1.29, 1.82) is 0 Å². The molecule has 1 heterocycles. The van der Waals surface area contributed by atoms with Gasteiger partial charge in [-0.1, -0.05) is 0 Å². The molecule has 15 heavy (non-hydrogen) atoms. The van der Waals surface area contributed by atoms with Crippen molar-refractivity contribution in [2.75, 3.05) is 7.11 Å². The van der Waals surface area contributed by atoms with Gasteiger partial charge in [0.2, 0.25) is 0 Å². The molecular weight excluding hydrogens is 194 g/mol. The van der Waals surface area contributed by atoms with E-state index < -0.39 is 5.97 Å². The third-order valence-electron chi connectivity index (χ3n) is 2.46. The zero-order valence-corrected chi connectivity index (χ0v) is 8.48. The van der Waals surface area contributed by atoms with Crippen molar-refractivity contribution in [1.82, 2.24) is 4.57 Å². The van der Waals surface area contributed by atoms with Crippen LogP contribution in [0.4, 0.5) is 0 Å². The molecule has 0 bridgehead atoms. The Labute approximate surface area is 86.7 Å². The normalized spacial score (nSPS) is 10.5. The maximum absolute atomic E-state index is 10.8. The molecule has 0 fully saturated rings. The lowest BCUT2D eigenvalue weighted by atomic mass is 10.2. The first-order valence-electron chi connectivity index (χ1n) is 4.48. The largest absolute Gasteiger partial charge is 0.543 e. The number of methoxy groups -OCH3 is 1. The van der Waals surface area contributed by atoms with E-state index in [0.717, 1.165) is 10.9 Å². The van der Waals surface area contributed by atoms with Crippen LogP contribution in [0.1, 0.15) is 10.5 Å². The number of nitrogens with zero attached hydrogens (tertiary/aromatic N) is 1. The summed E-state index contributed by atoms with van der Waals surface area (Å²) in [6.07, 6.45) is 0. The van der Waals surface area contributed by atoms with Gasteiger partial charge in [0, 0.05) is 18.0 Å². The summed E-state index contributed by atoms with van der Waals surface area (Å²) < 4.78 is 6.65. The monoisotopic (exact) mass is 204 g/mol. The van der Waals surface area contributed by atoms with Gasteiger partial charge < -0.3 is 19.2 Å². The maximum atomic E-state index is 10.8. The van der Waals surface area contributed by atoms with Gasteiger partial charge in [-0.15, -0.1) is 0 Å². The Morgan fingerprint density at radius 1 is 1.40 bits per heavy atom. The van der Waals surface area contributed by atoms with E-state index in [1.807, 2.05) is 6.07 Å². The summed E-state index contributed by atoms with van der Waals surface area (Å²) in [6.45, 7) is 0. The molecular formula is C11H10NO3-. The smallest absolute Gasteiger partial charge is 0.119 e. The molecule has 0 spiro atoms. The molecule has 4 heteroatoms. The van der Waals surface area contributed by atoms with Crippen LogP contribution in [-0.4, -0.2) is 17.6 Å². The molecule has 0 radical (unpaired) electrons. The number of carboxylic acids is 1. The van der Waals surface area contributed by atoms with Gasteiger partial charge in [-0.25, -0.2) is 0 Å². The average molecular weight is 204 g/mol. The second-order valence-corrected chi connectivity index (χ2v) is 3.30. The van der Waals surface area contributed by atoms with Crippen molar-refractivity contribution in [3.8, 4) is 5.75 Å². The van der Waals surface area contributed by atoms with Gasteiger partial charge in [0.15, 0.2) is 0 Å². The molecule has 0 N–H and O–H groups in total. The maximum Gasteiger partial charge on any atom is 0.119 e. The number of aromatic nitrogens is 1. The number of aryl methyl sites for hydroxylation is 1. The van der Waals surface area contributed by atoms with E-state index in [1.54, 1.807) is 36.9 Å². The number of hydrogen-bond donors (Lipinski definition) is 0. The van der Waals surface area contributed by atoms with Crippen LogP contribution in [0.25, 0.3) is 10.9 Å². The number of aromatic carboxylic acids is 1. The lowest BCUT2D eigenvalue weighted by Crippen LogP contribution is -2.24. The van der Waals surface area contributed by atoms with Crippen molar-refractivity contribution in [2.24, 2.45) is 7.05 Å². The fraction of sp³-hybridized carbons (Fsp3) is 0.182. The van der Waals surface area contributed by atoms with Crippen LogP contribution in [-0.2, 0) is 7.05 Å². The Bertz CT molecular complexity index is 528. The number of hydrogen-bond acceptors (Lipinski definition) is 3. The molecule has 0 amide bonds. The Morgan fingerprint density at radius 2 is 2.13 bits per heavy atom. The Hall–Kier alpha value is -1.97. The predicted molar refractivity (Wildman–Crippen MR) is 53.8 cm³/mol. The summed E-state index contributed by atoms with van der Waals surface area (Å²) in [5, 5.41) is 11.6. The number of benzene rings is 1. The van der Waals surface area contributed by atoms with Gasteiger partial charge >= 0.3 is 0 Å². The number of fused-ring (bicyclic) bond motifs is 1. The molecule has 0 saturated heterocycles. The number of carbonyl (C=O) groups excluding carboxylic acids is 1. The second kappa shape index (κ2) is 3.31. The summed E-state index contributed by atoms with van der Waals surface area (Å²) in [5.41, 5.74) is 1.01. The van der Waals surface area contributed by atoms with E-state index in [4.69, 9.17) is 4.74 Å². The molecule has 0 saturated carbocycles. The van der Waals surface area contributed by atoms with Crippen LogP contribution in [0.5, 0.6) is 5.75 Å². The number of rotatable bonds is 2. The summed E-state index contributed by atoms with van der Waals surface area (Å²) in [7, 11) is 3.27. The minimum Gasteiger partial charge on any atom is -0.543 e. The van der Waals surface area contributed by atoms with Crippen molar-refractivity contribution in [3.63, 3.8) is 0 Å². The van der Waals surface area contributed by atoms with E-state index in [0.29, 0.717) is 5.75 Å². The topological polar surface area (TPSA) is 54.3 Å². The molecule has 0 atom stereocenters. The quantitative estimate of drug-likeness (QED) is 0.717. The highest BCUT2D eigenvalue weighted by Crippen LogP contribution is 2.23. The molecule has 1 aromatic heterocycles. The lowest BCUT2D eigenvalue weighted by Gasteiger charge is -2.04. The number of carboxylic acid groups (broad SMARTS) is 1. The van der Waals surface area contributed by atoms with Gasteiger partial charge in [-0.05, 0) is 24.3 Å². The van der Waals surface area contributed by atoms with Crippen LogP contribution in [0, 0.1) is 0 Å². The first kappa shape index (κ1) is 9.58. The SMILES string of the molecule is COc1ccc2c(c1)cc(C(=O)[O-])n2C. The molecule has 2 rings (SSSR count). The summed E-state index contributed by atoms with van der Waals surface area (Å²) in [6, 6.07) is 6.98. The van der Waals surface area contributed by atoms with E-state index in [1.165, 1.54) is 0 Å². The van der Waals surface area contributed by atoms with Crippen LogP contribution in [0.3, 0.4) is 0 Å². The standard InChI is InChI=1S/C11H11NO3/c1-12-9-4-3-8(15-2)5-7(9)6-10(12)11(13)14/h3-6H,1-2H3,(H,13,14)/p-1. The Balaban J connectivity index is 2.70. The zero-order valence-electron chi connectivity index (χ0n) is 8.48. The van der Waals surface area contributed by atoms with E-state index in [2.05, 4.69) is 0 Å². The molecule has 0 unspecified atom stereocenters. The molecule has 0 aliphatic rings. The van der Waals surface area contributed by atoms with Gasteiger partial charge in [0.1, 0.15) is 5.75 Å². The van der Waals surface area contributed by atoms with Crippen molar-refractivity contribution < 1.29 is 14.6 Å². The molecule has 1 aromatic carbocycles. The lowest BCUT2D eigenvalue weighted by molar-refractivity contribution is -0.255. The number of carbonyl (C=O) groups is 1. The molecule has 0 aliphatic carbocycles. The third kappa shape index (κ3) is 1.44.